The van der Waals surface area contributed by atoms with Crippen molar-refractivity contribution in [1.29, 1.82) is 0 Å². The standard InChI is InChI=1S/C15H18N4/c16-19-14(15-17-8-3-9-18-15)13-7-2-6-12(10-13)11-4-1-5-11/h2-3,6-11,14,19H,1,4-5,16H2. The van der Waals surface area contributed by atoms with Crippen molar-refractivity contribution in [3.8, 4) is 0 Å². The minimum Gasteiger partial charge on any atom is -0.270 e. The molecule has 1 fully saturated rings. The number of aromatic nitrogens is 2. The number of nitrogens with two attached hydrogens (primary N) is 1. The molecular formula is C15H18N4. The molecule has 4 heteroatoms. The summed E-state index contributed by atoms with van der Waals surface area (Å²) < 4.78 is 0. The molecule has 1 saturated carbocycles. The quantitative estimate of drug-likeness (QED) is 0.649. The molecule has 1 unspecified atom stereocenters. The van der Waals surface area contributed by atoms with Crippen LogP contribution in [0.25, 0.3) is 0 Å². The summed E-state index contributed by atoms with van der Waals surface area (Å²) in [7, 11) is 0. The van der Waals surface area contributed by atoms with Gasteiger partial charge in [0.2, 0.25) is 0 Å². The van der Waals surface area contributed by atoms with Crippen molar-refractivity contribution in [2.45, 2.75) is 31.2 Å². The molecule has 1 aliphatic rings. The summed E-state index contributed by atoms with van der Waals surface area (Å²) in [6.07, 6.45) is 7.41. The number of nitrogens with zero attached hydrogens (tertiary/aromatic N) is 2. The van der Waals surface area contributed by atoms with Gasteiger partial charge in [-0.25, -0.2) is 15.4 Å². The third kappa shape index (κ3) is 2.50. The van der Waals surface area contributed by atoms with E-state index in [1.165, 1.54) is 24.8 Å². The van der Waals surface area contributed by atoms with E-state index in [9.17, 15) is 0 Å². The van der Waals surface area contributed by atoms with Crippen LogP contribution in [0.1, 0.15) is 48.2 Å². The third-order valence-electron chi connectivity index (χ3n) is 3.83. The van der Waals surface area contributed by atoms with E-state index in [-0.39, 0.29) is 6.04 Å². The summed E-state index contributed by atoms with van der Waals surface area (Å²) in [5.41, 5.74) is 5.34. The Hall–Kier alpha value is -1.78. The fraction of sp³-hybridized carbons (Fsp3) is 0.333. The number of hydrazine groups is 1. The third-order valence-corrected chi connectivity index (χ3v) is 3.83. The maximum absolute atomic E-state index is 5.68. The Kier molecular flexibility index (Phi) is 3.53. The first-order valence-electron chi connectivity index (χ1n) is 6.71. The van der Waals surface area contributed by atoms with Gasteiger partial charge in [-0.3, -0.25) is 5.84 Å². The van der Waals surface area contributed by atoms with Crippen LogP contribution in [-0.4, -0.2) is 9.97 Å². The molecule has 3 N–H and O–H groups in total. The Morgan fingerprint density at radius 2 is 1.95 bits per heavy atom. The van der Waals surface area contributed by atoms with Crippen molar-refractivity contribution in [3.05, 3.63) is 59.7 Å². The van der Waals surface area contributed by atoms with Gasteiger partial charge in [-0.15, -0.1) is 0 Å². The highest BCUT2D eigenvalue weighted by Crippen LogP contribution is 2.37. The molecule has 3 rings (SSSR count). The number of hydrogen-bond donors (Lipinski definition) is 2. The van der Waals surface area contributed by atoms with E-state index in [1.807, 2.05) is 6.07 Å². The van der Waals surface area contributed by atoms with Crippen LogP contribution >= 0.6 is 0 Å². The summed E-state index contributed by atoms with van der Waals surface area (Å²) in [5, 5.41) is 0. The molecule has 1 atom stereocenters. The molecule has 0 amide bonds. The molecule has 0 aliphatic heterocycles. The zero-order chi connectivity index (χ0) is 13.1. The summed E-state index contributed by atoms with van der Waals surface area (Å²) in [6, 6.07) is 10.2. The van der Waals surface area contributed by atoms with Gasteiger partial charge in [-0.05, 0) is 36.0 Å². The molecule has 1 heterocycles. The van der Waals surface area contributed by atoms with E-state index >= 15 is 0 Å². The maximum atomic E-state index is 5.68. The highest BCUT2D eigenvalue weighted by atomic mass is 15.2. The highest BCUT2D eigenvalue weighted by molar-refractivity contribution is 5.32. The van der Waals surface area contributed by atoms with Crippen LogP contribution in [-0.2, 0) is 0 Å². The van der Waals surface area contributed by atoms with E-state index in [2.05, 4.69) is 39.7 Å². The molecule has 1 aliphatic carbocycles. The molecule has 0 bridgehead atoms. The van der Waals surface area contributed by atoms with Crippen LogP contribution in [0, 0.1) is 0 Å². The van der Waals surface area contributed by atoms with E-state index in [1.54, 1.807) is 12.4 Å². The zero-order valence-electron chi connectivity index (χ0n) is 10.8. The smallest absolute Gasteiger partial charge is 0.150 e. The van der Waals surface area contributed by atoms with Crippen molar-refractivity contribution in [3.63, 3.8) is 0 Å². The second-order valence-corrected chi connectivity index (χ2v) is 5.00. The van der Waals surface area contributed by atoms with Crippen molar-refractivity contribution in [1.82, 2.24) is 15.4 Å². The molecule has 98 valence electrons. The Morgan fingerprint density at radius 3 is 2.58 bits per heavy atom. The molecule has 19 heavy (non-hydrogen) atoms. The van der Waals surface area contributed by atoms with E-state index in [4.69, 9.17) is 5.84 Å². The SMILES string of the molecule is NNC(c1cccc(C2CCC2)c1)c1ncccn1. The van der Waals surface area contributed by atoms with Crippen LogP contribution in [0.15, 0.2) is 42.7 Å². The minimum absolute atomic E-state index is 0.152. The Labute approximate surface area is 113 Å². The Bertz CT molecular complexity index is 537. The van der Waals surface area contributed by atoms with Gasteiger partial charge in [-0.2, -0.15) is 0 Å². The second-order valence-electron chi connectivity index (χ2n) is 5.00. The van der Waals surface area contributed by atoms with Gasteiger partial charge in [0.05, 0.1) is 0 Å². The van der Waals surface area contributed by atoms with Gasteiger partial charge >= 0.3 is 0 Å². The summed E-state index contributed by atoms with van der Waals surface area (Å²) in [5.74, 6) is 7.10. The monoisotopic (exact) mass is 254 g/mol. The summed E-state index contributed by atoms with van der Waals surface area (Å²) >= 11 is 0. The largest absolute Gasteiger partial charge is 0.270 e. The maximum Gasteiger partial charge on any atom is 0.150 e. The molecule has 0 radical (unpaired) electrons. The van der Waals surface area contributed by atoms with Gasteiger partial charge in [-0.1, -0.05) is 30.7 Å². The van der Waals surface area contributed by atoms with Gasteiger partial charge in [0.15, 0.2) is 5.82 Å². The fourth-order valence-electron chi connectivity index (χ4n) is 2.51. The van der Waals surface area contributed by atoms with Crippen LogP contribution in [0.4, 0.5) is 0 Å². The van der Waals surface area contributed by atoms with E-state index < -0.39 is 0 Å². The van der Waals surface area contributed by atoms with Gasteiger partial charge in [0.25, 0.3) is 0 Å². The number of benzene rings is 1. The highest BCUT2D eigenvalue weighted by Gasteiger charge is 2.21. The van der Waals surface area contributed by atoms with Crippen molar-refractivity contribution < 1.29 is 0 Å². The summed E-state index contributed by atoms with van der Waals surface area (Å²) in [4.78, 5) is 8.56. The number of nitrogens with one attached hydrogen (secondary N) is 1. The van der Waals surface area contributed by atoms with Crippen LogP contribution < -0.4 is 11.3 Å². The Balaban J connectivity index is 1.91. The van der Waals surface area contributed by atoms with Crippen molar-refractivity contribution in [2.75, 3.05) is 0 Å². The minimum atomic E-state index is -0.152. The molecule has 0 saturated heterocycles. The fourth-order valence-corrected chi connectivity index (χ4v) is 2.51. The van der Waals surface area contributed by atoms with E-state index in [0.29, 0.717) is 5.82 Å². The normalized spacial score (nSPS) is 16.9. The average Bonchev–Trinajstić information content (AvgIpc) is 2.39. The van der Waals surface area contributed by atoms with Gasteiger partial charge in [0, 0.05) is 12.4 Å². The molecular weight excluding hydrogens is 236 g/mol. The lowest BCUT2D eigenvalue weighted by Crippen LogP contribution is -2.30. The van der Waals surface area contributed by atoms with Crippen molar-refractivity contribution in [2.24, 2.45) is 5.84 Å². The van der Waals surface area contributed by atoms with Crippen LogP contribution in [0.3, 0.4) is 0 Å². The molecule has 2 aromatic rings. The van der Waals surface area contributed by atoms with Crippen LogP contribution in [0.5, 0.6) is 0 Å². The first-order valence-corrected chi connectivity index (χ1v) is 6.71. The number of rotatable bonds is 4. The first kappa shape index (κ1) is 12.3. The lowest BCUT2D eigenvalue weighted by atomic mass is 9.79. The lowest BCUT2D eigenvalue weighted by Gasteiger charge is -2.26. The first-order chi connectivity index (χ1) is 9.38. The van der Waals surface area contributed by atoms with Gasteiger partial charge in [0.1, 0.15) is 6.04 Å². The topological polar surface area (TPSA) is 63.8 Å². The average molecular weight is 254 g/mol. The molecule has 1 aromatic heterocycles. The Morgan fingerprint density at radius 1 is 1.16 bits per heavy atom. The van der Waals surface area contributed by atoms with E-state index in [0.717, 1.165) is 11.5 Å². The molecule has 1 aromatic carbocycles. The van der Waals surface area contributed by atoms with Crippen molar-refractivity contribution >= 4 is 0 Å². The molecule has 4 nitrogen and oxygen atoms in total. The number of hydrogen-bond acceptors (Lipinski definition) is 4. The van der Waals surface area contributed by atoms with Gasteiger partial charge < -0.3 is 0 Å². The summed E-state index contributed by atoms with van der Waals surface area (Å²) in [6.45, 7) is 0. The van der Waals surface area contributed by atoms with Crippen LogP contribution in [0.2, 0.25) is 0 Å². The lowest BCUT2D eigenvalue weighted by molar-refractivity contribution is 0.419. The predicted molar refractivity (Wildman–Crippen MR) is 74.2 cm³/mol. The predicted octanol–water partition coefficient (Wildman–Crippen LogP) is 2.30. The second kappa shape index (κ2) is 5.47. The zero-order valence-corrected chi connectivity index (χ0v) is 10.8. The molecule has 0 spiro atoms.